The van der Waals surface area contributed by atoms with Crippen molar-refractivity contribution < 1.29 is 0 Å². The second-order valence-corrected chi connectivity index (χ2v) is 5.71. The van der Waals surface area contributed by atoms with E-state index in [9.17, 15) is 0 Å². The Balaban J connectivity index is 2.11. The molecule has 0 aliphatic heterocycles. The molecule has 0 spiro atoms. The normalized spacial score (nSPS) is 20.0. The van der Waals surface area contributed by atoms with Gasteiger partial charge in [0.2, 0.25) is 0 Å². The van der Waals surface area contributed by atoms with Gasteiger partial charge in [0.1, 0.15) is 0 Å². The Morgan fingerprint density at radius 1 is 1.13 bits per heavy atom. The number of hydrogen-bond acceptors (Lipinski definition) is 1. The van der Waals surface area contributed by atoms with E-state index in [1.165, 1.54) is 51.6 Å². The minimum absolute atomic E-state index is 0.786. The molecule has 0 radical (unpaired) electrons. The Morgan fingerprint density at radius 3 is 2.33 bits per heavy atom. The summed E-state index contributed by atoms with van der Waals surface area (Å²) in [6, 6.07) is 0. The zero-order valence-corrected chi connectivity index (χ0v) is 10.9. The van der Waals surface area contributed by atoms with Crippen LogP contribution in [0.5, 0.6) is 0 Å². The summed E-state index contributed by atoms with van der Waals surface area (Å²) >= 11 is 0. The SMILES string of the molecule is CCC(CNCC(C)C)CC1CCCC1. The summed E-state index contributed by atoms with van der Waals surface area (Å²) in [5.74, 6) is 2.76. The van der Waals surface area contributed by atoms with Crippen molar-refractivity contribution in [2.75, 3.05) is 13.1 Å². The molecular formula is C14H29N. The van der Waals surface area contributed by atoms with E-state index >= 15 is 0 Å². The van der Waals surface area contributed by atoms with Crippen molar-refractivity contribution in [3.05, 3.63) is 0 Å². The maximum Gasteiger partial charge on any atom is -0.00204 e. The number of rotatable bonds is 7. The van der Waals surface area contributed by atoms with Crippen molar-refractivity contribution in [1.82, 2.24) is 5.32 Å². The lowest BCUT2D eigenvalue weighted by atomic mass is 9.91. The molecule has 1 saturated carbocycles. The standard InChI is InChI=1S/C14H29N/c1-4-13(11-15-10-12(2)3)9-14-7-5-6-8-14/h12-15H,4-11H2,1-3H3. The van der Waals surface area contributed by atoms with Crippen molar-refractivity contribution in [3.8, 4) is 0 Å². The number of nitrogens with one attached hydrogen (secondary N) is 1. The van der Waals surface area contributed by atoms with E-state index in [2.05, 4.69) is 26.1 Å². The van der Waals surface area contributed by atoms with E-state index in [-0.39, 0.29) is 0 Å². The minimum atomic E-state index is 0.786. The molecule has 1 atom stereocenters. The van der Waals surface area contributed by atoms with E-state index < -0.39 is 0 Å². The fourth-order valence-corrected chi connectivity index (χ4v) is 2.69. The molecule has 0 saturated heterocycles. The smallest absolute Gasteiger partial charge is 0.00204 e. The molecule has 90 valence electrons. The molecule has 1 rings (SSSR count). The first-order valence-electron chi connectivity index (χ1n) is 6.93. The van der Waals surface area contributed by atoms with Gasteiger partial charge in [-0.15, -0.1) is 0 Å². The maximum absolute atomic E-state index is 3.61. The zero-order chi connectivity index (χ0) is 11.1. The molecule has 1 nitrogen and oxygen atoms in total. The van der Waals surface area contributed by atoms with Gasteiger partial charge < -0.3 is 5.32 Å². The van der Waals surface area contributed by atoms with Crippen LogP contribution >= 0.6 is 0 Å². The highest BCUT2D eigenvalue weighted by Gasteiger charge is 2.18. The number of hydrogen-bond donors (Lipinski definition) is 1. The lowest BCUT2D eigenvalue weighted by Crippen LogP contribution is -2.27. The molecule has 1 N–H and O–H groups in total. The minimum Gasteiger partial charge on any atom is -0.316 e. The van der Waals surface area contributed by atoms with Crippen molar-refractivity contribution in [1.29, 1.82) is 0 Å². The molecule has 0 aromatic rings. The molecule has 1 fully saturated rings. The van der Waals surface area contributed by atoms with Crippen molar-refractivity contribution in [2.24, 2.45) is 17.8 Å². The topological polar surface area (TPSA) is 12.0 Å². The van der Waals surface area contributed by atoms with Crippen LogP contribution in [0, 0.1) is 17.8 Å². The summed E-state index contributed by atoms with van der Waals surface area (Å²) in [6.07, 6.45) is 8.80. The first kappa shape index (κ1) is 13.0. The first-order valence-corrected chi connectivity index (χ1v) is 6.93. The third kappa shape index (κ3) is 5.55. The Morgan fingerprint density at radius 2 is 1.80 bits per heavy atom. The van der Waals surface area contributed by atoms with Crippen molar-refractivity contribution >= 4 is 0 Å². The molecule has 0 amide bonds. The van der Waals surface area contributed by atoms with Crippen LogP contribution < -0.4 is 5.32 Å². The monoisotopic (exact) mass is 211 g/mol. The summed E-state index contributed by atoms with van der Waals surface area (Å²) in [7, 11) is 0. The molecule has 0 bridgehead atoms. The Bertz CT molecular complexity index is 147. The fourth-order valence-electron chi connectivity index (χ4n) is 2.69. The molecule has 0 heterocycles. The van der Waals surface area contributed by atoms with Gasteiger partial charge in [0.05, 0.1) is 0 Å². The van der Waals surface area contributed by atoms with Gasteiger partial charge in [-0.25, -0.2) is 0 Å². The van der Waals surface area contributed by atoms with Crippen LogP contribution in [0.2, 0.25) is 0 Å². The predicted molar refractivity (Wildman–Crippen MR) is 68.1 cm³/mol. The van der Waals surface area contributed by atoms with Gasteiger partial charge in [-0.3, -0.25) is 0 Å². The molecule has 1 heteroatoms. The average molecular weight is 211 g/mol. The summed E-state index contributed by atoms with van der Waals surface area (Å²) in [4.78, 5) is 0. The van der Waals surface area contributed by atoms with Crippen LogP contribution in [-0.2, 0) is 0 Å². The van der Waals surface area contributed by atoms with Gasteiger partial charge in [0.15, 0.2) is 0 Å². The third-order valence-electron chi connectivity index (χ3n) is 3.70. The molecular weight excluding hydrogens is 182 g/mol. The third-order valence-corrected chi connectivity index (χ3v) is 3.70. The van der Waals surface area contributed by atoms with E-state index in [4.69, 9.17) is 0 Å². The van der Waals surface area contributed by atoms with Crippen molar-refractivity contribution in [2.45, 2.75) is 59.3 Å². The molecule has 1 aliphatic rings. The molecule has 15 heavy (non-hydrogen) atoms. The summed E-state index contributed by atoms with van der Waals surface area (Å²) in [5, 5.41) is 3.61. The Kier molecular flexibility index (Phi) is 6.31. The fraction of sp³-hybridized carbons (Fsp3) is 1.00. The van der Waals surface area contributed by atoms with Crippen LogP contribution in [0.1, 0.15) is 59.3 Å². The highest BCUT2D eigenvalue weighted by atomic mass is 14.9. The largest absolute Gasteiger partial charge is 0.316 e. The lowest BCUT2D eigenvalue weighted by Gasteiger charge is -2.20. The second-order valence-electron chi connectivity index (χ2n) is 5.71. The predicted octanol–water partition coefficient (Wildman–Crippen LogP) is 3.84. The van der Waals surface area contributed by atoms with Crippen LogP contribution in [-0.4, -0.2) is 13.1 Å². The maximum atomic E-state index is 3.61. The molecule has 0 aromatic heterocycles. The first-order chi connectivity index (χ1) is 7.22. The highest BCUT2D eigenvalue weighted by Crippen LogP contribution is 2.30. The average Bonchev–Trinajstić information content (AvgIpc) is 2.68. The van der Waals surface area contributed by atoms with E-state index in [0.29, 0.717) is 0 Å². The second kappa shape index (κ2) is 7.27. The highest BCUT2D eigenvalue weighted by molar-refractivity contribution is 4.72. The zero-order valence-electron chi connectivity index (χ0n) is 10.9. The van der Waals surface area contributed by atoms with E-state index in [1.54, 1.807) is 0 Å². The molecule has 1 aliphatic carbocycles. The van der Waals surface area contributed by atoms with Gasteiger partial charge in [-0.2, -0.15) is 0 Å². The molecule has 0 aromatic carbocycles. The summed E-state index contributed by atoms with van der Waals surface area (Å²) in [6.45, 7) is 9.33. The van der Waals surface area contributed by atoms with E-state index in [1.807, 2.05) is 0 Å². The lowest BCUT2D eigenvalue weighted by molar-refractivity contribution is 0.345. The van der Waals surface area contributed by atoms with Crippen LogP contribution in [0.3, 0.4) is 0 Å². The molecule has 1 unspecified atom stereocenters. The Hall–Kier alpha value is -0.0400. The Labute approximate surface area is 96.0 Å². The van der Waals surface area contributed by atoms with Gasteiger partial charge in [-0.05, 0) is 37.3 Å². The van der Waals surface area contributed by atoms with Gasteiger partial charge in [0.25, 0.3) is 0 Å². The van der Waals surface area contributed by atoms with Crippen molar-refractivity contribution in [3.63, 3.8) is 0 Å². The van der Waals surface area contributed by atoms with Gasteiger partial charge >= 0.3 is 0 Å². The summed E-state index contributed by atoms with van der Waals surface area (Å²) < 4.78 is 0. The van der Waals surface area contributed by atoms with Crippen LogP contribution in [0.4, 0.5) is 0 Å². The van der Waals surface area contributed by atoms with E-state index in [0.717, 1.165) is 17.8 Å². The van der Waals surface area contributed by atoms with Gasteiger partial charge in [0, 0.05) is 0 Å². The van der Waals surface area contributed by atoms with Crippen LogP contribution in [0.15, 0.2) is 0 Å². The van der Waals surface area contributed by atoms with Crippen LogP contribution in [0.25, 0.3) is 0 Å². The summed E-state index contributed by atoms with van der Waals surface area (Å²) in [5.41, 5.74) is 0. The van der Waals surface area contributed by atoms with Gasteiger partial charge in [-0.1, -0.05) is 52.9 Å². The quantitative estimate of drug-likeness (QED) is 0.674.